The molecule has 0 radical (unpaired) electrons. The van der Waals surface area contributed by atoms with Crippen molar-refractivity contribution in [3.8, 4) is 0 Å². The summed E-state index contributed by atoms with van der Waals surface area (Å²) in [6.45, 7) is 3.99. The highest BCUT2D eigenvalue weighted by atomic mass is 32.1. The maximum Gasteiger partial charge on any atom is 0.231 e. The minimum absolute atomic E-state index is 0.275. The third-order valence-corrected chi connectivity index (χ3v) is 4.37. The predicted molar refractivity (Wildman–Crippen MR) is 80.6 cm³/mol. The number of hydrogen-bond donors (Lipinski definition) is 2. The van der Waals surface area contributed by atoms with Crippen molar-refractivity contribution in [1.29, 1.82) is 0 Å². The summed E-state index contributed by atoms with van der Waals surface area (Å²) < 4.78 is 4.02. The van der Waals surface area contributed by atoms with E-state index in [0.29, 0.717) is 19.1 Å². The number of nitrogens with two attached hydrogens (primary N) is 1. The first kappa shape index (κ1) is 15.2. The minimum Gasteiger partial charge on any atom is -0.374 e. The van der Waals surface area contributed by atoms with Crippen LogP contribution in [0.15, 0.2) is 0 Å². The van der Waals surface area contributed by atoms with Gasteiger partial charge in [0.05, 0.1) is 6.54 Å². The number of aromatic nitrogens is 2. The van der Waals surface area contributed by atoms with Crippen LogP contribution < -0.4 is 11.1 Å². The van der Waals surface area contributed by atoms with Crippen molar-refractivity contribution in [3.05, 3.63) is 5.69 Å². The van der Waals surface area contributed by atoms with Gasteiger partial charge >= 0.3 is 0 Å². The number of anilines is 1. The smallest absolute Gasteiger partial charge is 0.231 e. The Kier molecular flexibility index (Phi) is 5.72. The maximum atomic E-state index is 11.3. The van der Waals surface area contributed by atoms with Gasteiger partial charge in [-0.2, -0.15) is 0 Å². The molecule has 2 rings (SSSR count). The van der Waals surface area contributed by atoms with Crippen LogP contribution in [-0.2, 0) is 11.3 Å². The standard InChI is InChI=1S/C13H23N5OS/c1-2-7-15-13-11(16-17-20-13)8-18(9-12(14)19)10-5-3-4-6-10/h10,15H,2-9H2,1H3,(H2,14,19). The summed E-state index contributed by atoms with van der Waals surface area (Å²) >= 11 is 1.38. The molecular formula is C13H23N5OS. The molecule has 1 fully saturated rings. The molecule has 0 saturated heterocycles. The van der Waals surface area contributed by atoms with Crippen LogP contribution in [0.1, 0.15) is 44.7 Å². The monoisotopic (exact) mass is 297 g/mol. The molecule has 1 aromatic rings. The zero-order valence-corrected chi connectivity index (χ0v) is 12.8. The first-order valence-electron chi connectivity index (χ1n) is 7.28. The molecule has 112 valence electrons. The molecule has 0 atom stereocenters. The van der Waals surface area contributed by atoms with Gasteiger partial charge in [-0.05, 0) is 19.3 Å². The van der Waals surface area contributed by atoms with Gasteiger partial charge in [0.2, 0.25) is 5.91 Å². The van der Waals surface area contributed by atoms with Gasteiger partial charge in [0.15, 0.2) is 0 Å². The number of rotatable bonds is 8. The molecule has 1 heterocycles. The highest BCUT2D eigenvalue weighted by molar-refractivity contribution is 7.10. The molecule has 0 bridgehead atoms. The topological polar surface area (TPSA) is 84.1 Å². The summed E-state index contributed by atoms with van der Waals surface area (Å²) in [5.41, 5.74) is 6.31. The van der Waals surface area contributed by atoms with Crippen molar-refractivity contribution in [2.45, 2.75) is 51.6 Å². The lowest BCUT2D eigenvalue weighted by Gasteiger charge is -2.26. The molecule has 3 N–H and O–H groups in total. The second-order valence-electron chi connectivity index (χ2n) is 5.29. The SMILES string of the molecule is CCCNc1snnc1CN(CC(N)=O)C1CCCC1. The normalized spacial score (nSPS) is 15.9. The van der Waals surface area contributed by atoms with Crippen LogP contribution in [-0.4, -0.2) is 39.5 Å². The molecule has 1 aliphatic carbocycles. The Bertz CT molecular complexity index is 430. The molecule has 0 aliphatic heterocycles. The zero-order chi connectivity index (χ0) is 14.4. The van der Waals surface area contributed by atoms with Crippen molar-refractivity contribution in [2.75, 3.05) is 18.4 Å². The molecular weight excluding hydrogens is 274 g/mol. The van der Waals surface area contributed by atoms with Crippen LogP contribution in [0.4, 0.5) is 5.00 Å². The number of primary amides is 1. The van der Waals surface area contributed by atoms with E-state index in [1.165, 1.54) is 24.4 Å². The maximum absolute atomic E-state index is 11.3. The molecule has 6 nitrogen and oxygen atoms in total. The lowest BCUT2D eigenvalue weighted by atomic mass is 10.2. The van der Waals surface area contributed by atoms with Crippen LogP contribution in [0.2, 0.25) is 0 Å². The van der Waals surface area contributed by atoms with Gasteiger partial charge in [-0.1, -0.05) is 24.3 Å². The first-order chi connectivity index (χ1) is 9.70. The highest BCUT2D eigenvalue weighted by Gasteiger charge is 2.25. The van der Waals surface area contributed by atoms with Crippen molar-refractivity contribution < 1.29 is 4.79 Å². The van der Waals surface area contributed by atoms with Crippen molar-refractivity contribution in [2.24, 2.45) is 5.73 Å². The Morgan fingerprint density at radius 2 is 2.25 bits per heavy atom. The Labute approximate surface area is 123 Å². The molecule has 7 heteroatoms. The molecule has 0 spiro atoms. The quantitative estimate of drug-likeness (QED) is 0.761. The van der Waals surface area contributed by atoms with E-state index in [1.54, 1.807) is 0 Å². The summed E-state index contributed by atoms with van der Waals surface area (Å²) in [6, 6.07) is 0.447. The van der Waals surface area contributed by atoms with Gasteiger partial charge < -0.3 is 11.1 Å². The van der Waals surface area contributed by atoms with E-state index in [4.69, 9.17) is 5.73 Å². The van der Waals surface area contributed by atoms with Crippen LogP contribution in [0.3, 0.4) is 0 Å². The lowest BCUT2D eigenvalue weighted by Crippen LogP contribution is -2.39. The van der Waals surface area contributed by atoms with Gasteiger partial charge in [-0.25, -0.2) is 0 Å². The largest absolute Gasteiger partial charge is 0.374 e. The fourth-order valence-electron chi connectivity index (χ4n) is 2.66. The van der Waals surface area contributed by atoms with E-state index in [0.717, 1.165) is 36.5 Å². The van der Waals surface area contributed by atoms with Gasteiger partial charge in [-0.15, -0.1) is 5.10 Å². The van der Waals surface area contributed by atoms with Crippen LogP contribution in [0.25, 0.3) is 0 Å². The Morgan fingerprint density at radius 1 is 1.50 bits per heavy atom. The molecule has 1 aromatic heterocycles. The second kappa shape index (κ2) is 7.54. The summed E-state index contributed by atoms with van der Waals surface area (Å²) in [7, 11) is 0. The highest BCUT2D eigenvalue weighted by Crippen LogP contribution is 2.26. The van der Waals surface area contributed by atoms with Crippen molar-refractivity contribution in [1.82, 2.24) is 14.5 Å². The summed E-state index contributed by atoms with van der Waals surface area (Å²) in [4.78, 5) is 13.4. The number of carbonyl (C=O) groups excluding carboxylic acids is 1. The minimum atomic E-state index is -0.275. The van der Waals surface area contributed by atoms with Crippen LogP contribution >= 0.6 is 11.5 Å². The molecule has 1 saturated carbocycles. The number of nitrogens with zero attached hydrogens (tertiary/aromatic N) is 3. The van der Waals surface area contributed by atoms with Gasteiger partial charge in [0.1, 0.15) is 10.7 Å². The summed E-state index contributed by atoms with van der Waals surface area (Å²) in [5.74, 6) is -0.275. The van der Waals surface area contributed by atoms with E-state index in [9.17, 15) is 4.79 Å². The third-order valence-electron chi connectivity index (χ3n) is 3.64. The molecule has 1 aliphatic rings. The van der Waals surface area contributed by atoms with E-state index in [2.05, 4.69) is 26.7 Å². The number of carbonyl (C=O) groups is 1. The fraction of sp³-hybridized carbons (Fsp3) is 0.769. The van der Waals surface area contributed by atoms with Crippen molar-refractivity contribution in [3.63, 3.8) is 0 Å². The van der Waals surface area contributed by atoms with E-state index in [-0.39, 0.29) is 5.91 Å². The van der Waals surface area contributed by atoms with Gasteiger partial charge in [0.25, 0.3) is 0 Å². The van der Waals surface area contributed by atoms with E-state index < -0.39 is 0 Å². The molecule has 0 aromatic carbocycles. The Balaban J connectivity index is 2.02. The lowest BCUT2D eigenvalue weighted by molar-refractivity contribution is -0.119. The fourth-order valence-corrected chi connectivity index (χ4v) is 3.26. The predicted octanol–water partition coefficient (Wildman–Crippen LogP) is 1.59. The molecule has 0 unspecified atom stereocenters. The average molecular weight is 297 g/mol. The number of nitrogens with one attached hydrogen (secondary N) is 1. The zero-order valence-electron chi connectivity index (χ0n) is 12.0. The van der Waals surface area contributed by atoms with Crippen LogP contribution in [0.5, 0.6) is 0 Å². The average Bonchev–Trinajstić information content (AvgIpc) is 3.06. The van der Waals surface area contributed by atoms with Gasteiger partial charge in [0, 0.05) is 30.7 Å². The van der Waals surface area contributed by atoms with Crippen molar-refractivity contribution >= 4 is 22.4 Å². The Morgan fingerprint density at radius 3 is 2.90 bits per heavy atom. The second-order valence-corrected chi connectivity index (χ2v) is 6.04. The Hall–Kier alpha value is -1.21. The van der Waals surface area contributed by atoms with E-state index >= 15 is 0 Å². The number of hydrogen-bond acceptors (Lipinski definition) is 6. The van der Waals surface area contributed by atoms with E-state index in [1.807, 2.05) is 0 Å². The van der Waals surface area contributed by atoms with Gasteiger partial charge in [-0.3, -0.25) is 9.69 Å². The molecule has 1 amide bonds. The summed E-state index contributed by atoms with van der Waals surface area (Å²) in [6.07, 6.45) is 5.81. The number of amides is 1. The third kappa shape index (κ3) is 4.14. The summed E-state index contributed by atoms with van der Waals surface area (Å²) in [5, 5.41) is 8.56. The van der Waals surface area contributed by atoms with Crippen LogP contribution in [0, 0.1) is 0 Å². The molecule has 20 heavy (non-hydrogen) atoms. The first-order valence-corrected chi connectivity index (χ1v) is 8.05.